The van der Waals surface area contributed by atoms with Crippen molar-refractivity contribution in [1.82, 2.24) is 9.88 Å². The summed E-state index contributed by atoms with van der Waals surface area (Å²) >= 11 is 0. The van der Waals surface area contributed by atoms with Gasteiger partial charge in [-0.25, -0.2) is 0 Å². The standard InChI is InChI=1S/C18H20N2O2.2ClH/c1-20-8-4-6-16(20)13-22-17-9-15(10-19-11-17)18-7-3-2-5-14(18)12-21;;/h2-3,5,7,9-12,16H,4,6,8,13H2,1H3;2*1H/t16-;;/m0../s1. The van der Waals surface area contributed by atoms with Crippen molar-refractivity contribution in [1.29, 1.82) is 0 Å². The Hall–Kier alpha value is -1.62. The van der Waals surface area contributed by atoms with Gasteiger partial charge in [0.25, 0.3) is 0 Å². The highest BCUT2D eigenvalue weighted by Crippen LogP contribution is 2.25. The lowest BCUT2D eigenvalue weighted by atomic mass is 10.0. The fourth-order valence-corrected chi connectivity index (χ4v) is 2.89. The molecular weight excluding hydrogens is 347 g/mol. The average Bonchev–Trinajstić information content (AvgIpc) is 2.98. The smallest absolute Gasteiger partial charge is 0.150 e. The van der Waals surface area contributed by atoms with Gasteiger partial charge in [-0.15, -0.1) is 24.8 Å². The third-order valence-electron chi connectivity index (χ3n) is 4.23. The minimum Gasteiger partial charge on any atom is -0.490 e. The number of rotatable bonds is 5. The van der Waals surface area contributed by atoms with Gasteiger partial charge >= 0.3 is 0 Å². The van der Waals surface area contributed by atoms with Crippen molar-refractivity contribution in [3.63, 3.8) is 0 Å². The van der Waals surface area contributed by atoms with Crippen LogP contribution in [0.2, 0.25) is 0 Å². The summed E-state index contributed by atoms with van der Waals surface area (Å²) in [5, 5.41) is 0. The normalized spacial score (nSPS) is 16.8. The second kappa shape index (κ2) is 9.62. The fourth-order valence-electron chi connectivity index (χ4n) is 2.89. The van der Waals surface area contributed by atoms with Crippen molar-refractivity contribution < 1.29 is 9.53 Å². The number of halogens is 2. The van der Waals surface area contributed by atoms with Crippen molar-refractivity contribution in [2.24, 2.45) is 0 Å². The van der Waals surface area contributed by atoms with Gasteiger partial charge in [0, 0.05) is 23.4 Å². The molecule has 1 aromatic carbocycles. The van der Waals surface area contributed by atoms with Gasteiger partial charge < -0.3 is 9.64 Å². The summed E-state index contributed by atoms with van der Waals surface area (Å²) in [5.74, 6) is 0.749. The number of carbonyl (C=O) groups excluding carboxylic acids is 1. The number of carbonyl (C=O) groups is 1. The van der Waals surface area contributed by atoms with Crippen LogP contribution in [0.4, 0.5) is 0 Å². The predicted octanol–water partition coefficient (Wildman–Crippen LogP) is 3.88. The molecule has 2 heterocycles. The Kier molecular flexibility index (Phi) is 8.19. The van der Waals surface area contributed by atoms with E-state index in [0.717, 1.165) is 29.7 Å². The van der Waals surface area contributed by atoms with Crippen LogP contribution in [0.15, 0.2) is 42.7 Å². The lowest BCUT2D eigenvalue weighted by Crippen LogP contribution is -2.30. The Morgan fingerprint density at radius 2 is 2.08 bits per heavy atom. The first-order valence-corrected chi connectivity index (χ1v) is 7.60. The van der Waals surface area contributed by atoms with Gasteiger partial charge in [0.05, 0.1) is 6.20 Å². The molecule has 1 atom stereocenters. The van der Waals surface area contributed by atoms with E-state index in [4.69, 9.17) is 4.74 Å². The summed E-state index contributed by atoms with van der Waals surface area (Å²) in [6, 6.07) is 9.94. The van der Waals surface area contributed by atoms with Gasteiger partial charge in [0.2, 0.25) is 0 Å². The molecule has 1 fully saturated rings. The first kappa shape index (κ1) is 20.4. The lowest BCUT2D eigenvalue weighted by molar-refractivity contribution is 0.112. The summed E-state index contributed by atoms with van der Waals surface area (Å²) in [4.78, 5) is 17.7. The van der Waals surface area contributed by atoms with Gasteiger partial charge in [-0.3, -0.25) is 9.78 Å². The molecule has 0 radical (unpaired) electrons. The van der Waals surface area contributed by atoms with Crippen LogP contribution < -0.4 is 4.74 Å². The largest absolute Gasteiger partial charge is 0.490 e. The highest BCUT2D eigenvalue weighted by atomic mass is 35.5. The Morgan fingerprint density at radius 3 is 2.79 bits per heavy atom. The number of likely N-dealkylation sites (N-methyl/N-ethyl adjacent to an activating group) is 1. The first-order valence-electron chi connectivity index (χ1n) is 7.60. The van der Waals surface area contributed by atoms with Crippen molar-refractivity contribution in [2.75, 3.05) is 20.2 Å². The molecule has 6 heteroatoms. The van der Waals surface area contributed by atoms with E-state index in [-0.39, 0.29) is 24.8 Å². The summed E-state index contributed by atoms with van der Waals surface area (Å²) in [6.07, 6.45) is 6.77. The van der Waals surface area contributed by atoms with Crippen LogP contribution in [0.25, 0.3) is 11.1 Å². The number of aldehydes is 1. The quantitative estimate of drug-likeness (QED) is 0.751. The van der Waals surface area contributed by atoms with Crippen molar-refractivity contribution in [2.45, 2.75) is 18.9 Å². The van der Waals surface area contributed by atoms with Gasteiger partial charge in [0.15, 0.2) is 6.29 Å². The zero-order valence-electron chi connectivity index (χ0n) is 13.6. The van der Waals surface area contributed by atoms with Gasteiger partial charge in [-0.05, 0) is 38.1 Å². The van der Waals surface area contributed by atoms with Crippen LogP contribution >= 0.6 is 24.8 Å². The van der Waals surface area contributed by atoms with Crippen LogP contribution in [-0.4, -0.2) is 42.4 Å². The maximum absolute atomic E-state index is 11.2. The summed E-state index contributed by atoms with van der Waals surface area (Å²) < 4.78 is 5.90. The van der Waals surface area contributed by atoms with E-state index >= 15 is 0 Å². The zero-order chi connectivity index (χ0) is 15.4. The van der Waals surface area contributed by atoms with Crippen molar-refractivity contribution in [3.05, 3.63) is 48.3 Å². The van der Waals surface area contributed by atoms with E-state index in [9.17, 15) is 4.79 Å². The van der Waals surface area contributed by atoms with E-state index in [1.54, 1.807) is 12.4 Å². The highest BCUT2D eigenvalue weighted by Gasteiger charge is 2.21. The third kappa shape index (κ3) is 4.69. The van der Waals surface area contributed by atoms with E-state index in [1.165, 1.54) is 12.8 Å². The number of hydrogen-bond acceptors (Lipinski definition) is 4. The van der Waals surface area contributed by atoms with Crippen LogP contribution in [-0.2, 0) is 0 Å². The molecule has 0 saturated carbocycles. The molecule has 0 bridgehead atoms. The lowest BCUT2D eigenvalue weighted by Gasteiger charge is -2.19. The molecule has 1 aliphatic rings. The molecule has 0 unspecified atom stereocenters. The number of pyridine rings is 1. The highest BCUT2D eigenvalue weighted by molar-refractivity contribution is 5.87. The first-order chi connectivity index (χ1) is 10.8. The summed E-state index contributed by atoms with van der Waals surface area (Å²) in [5.41, 5.74) is 2.45. The minimum atomic E-state index is 0. The van der Waals surface area contributed by atoms with E-state index in [1.807, 2.05) is 30.3 Å². The summed E-state index contributed by atoms with van der Waals surface area (Å²) in [7, 11) is 2.13. The molecule has 1 aliphatic heterocycles. The Balaban J connectivity index is 0.00000144. The van der Waals surface area contributed by atoms with E-state index < -0.39 is 0 Å². The molecule has 130 valence electrons. The van der Waals surface area contributed by atoms with E-state index in [2.05, 4.69) is 16.9 Å². The van der Waals surface area contributed by atoms with Gasteiger partial charge in [0.1, 0.15) is 12.4 Å². The second-order valence-corrected chi connectivity index (χ2v) is 5.70. The minimum absolute atomic E-state index is 0. The molecule has 3 rings (SSSR count). The number of benzene rings is 1. The molecule has 0 N–H and O–H groups in total. The van der Waals surface area contributed by atoms with Crippen LogP contribution in [0.5, 0.6) is 5.75 Å². The maximum atomic E-state index is 11.2. The number of ether oxygens (including phenoxy) is 1. The van der Waals surface area contributed by atoms with Gasteiger partial charge in [-0.1, -0.05) is 24.3 Å². The molecule has 2 aromatic rings. The van der Waals surface area contributed by atoms with Crippen LogP contribution in [0.3, 0.4) is 0 Å². The Labute approximate surface area is 155 Å². The molecule has 1 aromatic heterocycles. The van der Waals surface area contributed by atoms with E-state index in [0.29, 0.717) is 18.2 Å². The number of aromatic nitrogens is 1. The SMILES string of the molecule is CN1CCC[C@H]1COc1cncc(-c2ccccc2C=O)c1.Cl.Cl. The molecule has 4 nitrogen and oxygen atoms in total. The number of nitrogens with zero attached hydrogens (tertiary/aromatic N) is 2. The second-order valence-electron chi connectivity index (χ2n) is 5.70. The van der Waals surface area contributed by atoms with Gasteiger partial charge in [-0.2, -0.15) is 0 Å². The Bertz CT molecular complexity index is 667. The third-order valence-corrected chi connectivity index (χ3v) is 4.23. The molecular formula is C18H22Cl2N2O2. The van der Waals surface area contributed by atoms with Crippen molar-refractivity contribution in [3.8, 4) is 16.9 Å². The molecule has 0 aliphatic carbocycles. The number of hydrogen-bond donors (Lipinski definition) is 0. The molecule has 24 heavy (non-hydrogen) atoms. The Morgan fingerprint density at radius 1 is 1.29 bits per heavy atom. The molecule has 0 amide bonds. The number of likely N-dealkylation sites (tertiary alicyclic amines) is 1. The van der Waals surface area contributed by atoms with Crippen LogP contribution in [0, 0.1) is 0 Å². The van der Waals surface area contributed by atoms with Crippen molar-refractivity contribution >= 4 is 31.1 Å². The summed E-state index contributed by atoms with van der Waals surface area (Å²) in [6.45, 7) is 1.82. The molecule has 0 spiro atoms. The topological polar surface area (TPSA) is 42.4 Å². The average molecular weight is 369 g/mol. The maximum Gasteiger partial charge on any atom is 0.150 e. The zero-order valence-corrected chi connectivity index (χ0v) is 15.2. The molecule has 1 saturated heterocycles. The van der Waals surface area contributed by atoms with Crippen LogP contribution in [0.1, 0.15) is 23.2 Å². The monoisotopic (exact) mass is 368 g/mol. The predicted molar refractivity (Wildman–Crippen MR) is 101 cm³/mol. The fraction of sp³-hybridized carbons (Fsp3) is 0.333.